The fourth-order valence-corrected chi connectivity index (χ4v) is 3.38. The number of amides is 2. The third kappa shape index (κ3) is 5.07. The summed E-state index contributed by atoms with van der Waals surface area (Å²) in [4.78, 5) is 25.4. The van der Waals surface area contributed by atoms with E-state index in [0.717, 1.165) is 5.56 Å². The summed E-state index contributed by atoms with van der Waals surface area (Å²) in [5, 5.41) is 9.96. The first-order valence-electron chi connectivity index (χ1n) is 9.24. The van der Waals surface area contributed by atoms with E-state index < -0.39 is 30.8 Å². The summed E-state index contributed by atoms with van der Waals surface area (Å²) < 4.78 is 34.5. The van der Waals surface area contributed by atoms with Crippen molar-refractivity contribution in [1.82, 2.24) is 25.2 Å². The van der Waals surface area contributed by atoms with Crippen LogP contribution in [-0.2, 0) is 17.8 Å². The van der Waals surface area contributed by atoms with Crippen LogP contribution in [0.5, 0.6) is 5.75 Å². The van der Waals surface area contributed by atoms with Crippen LogP contribution in [0.4, 0.5) is 8.78 Å². The van der Waals surface area contributed by atoms with Gasteiger partial charge in [0.15, 0.2) is 5.69 Å². The molecular weight excluding hydrogens is 384 g/mol. The maximum absolute atomic E-state index is 14.0. The predicted molar refractivity (Wildman–Crippen MR) is 99.8 cm³/mol. The van der Waals surface area contributed by atoms with E-state index in [2.05, 4.69) is 15.6 Å². The van der Waals surface area contributed by atoms with Crippen LogP contribution in [-0.4, -0.2) is 64.4 Å². The Morgan fingerprint density at radius 3 is 2.69 bits per heavy atom. The van der Waals surface area contributed by atoms with E-state index in [0.29, 0.717) is 12.2 Å². The molecule has 1 saturated heterocycles. The van der Waals surface area contributed by atoms with Gasteiger partial charge in [0.2, 0.25) is 5.91 Å². The smallest absolute Gasteiger partial charge is 0.273 e. The second kappa shape index (κ2) is 8.54. The van der Waals surface area contributed by atoms with Gasteiger partial charge < -0.3 is 15.0 Å². The number of rotatable bonds is 7. The average Bonchev–Trinajstić information content (AvgIpc) is 3.29. The van der Waals surface area contributed by atoms with Crippen LogP contribution in [0.15, 0.2) is 30.5 Å². The second-order valence-electron chi connectivity index (χ2n) is 6.99. The number of ether oxygens (including phenoxy) is 1. The minimum Gasteiger partial charge on any atom is -0.497 e. The molecular formula is C19H23F2N5O3. The third-order valence-corrected chi connectivity index (χ3v) is 4.88. The maximum Gasteiger partial charge on any atom is 0.273 e. The van der Waals surface area contributed by atoms with E-state index in [-0.39, 0.29) is 24.6 Å². The molecule has 1 aromatic carbocycles. The topological polar surface area (TPSA) is 89.4 Å². The van der Waals surface area contributed by atoms with Gasteiger partial charge in [0.05, 0.1) is 32.4 Å². The lowest BCUT2D eigenvalue weighted by Crippen LogP contribution is -2.39. The van der Waals surface area contributed by atoms with Crippen molar-refractivity contribution in [2.24, 2.45) is 0 Å². The summed E-state index contributed by atoms with van der Waals surface area (Å²) in [7, 11) is 3.03. The second-order valence-corrected chi connectivity index (χ2v) is 6.99. The fourth-order valence-electron chi connectivity index (χ4n) is 3.38. The van der Waals surface area contributed by atoms with Gasteiger partial charge in [-0.05, 0) is 24.1 Å². The number of nitrogens with one attached hydrogen (secondary N) is 1. The van der Waals surface area contributed by atoms with Gasteiger partial charge >= 0.3 is 0 Å². The lowest BCUT2D eigenvalue weighted by atomic mass is 10.1. The van der Waals surface area contributed by atoms with Crippen molar-refractivity contribution in [3.63, 3.8) is 0 Å². The largest absolute Gasteiger partial charge is 0.497 e. The first-order chi connectivity index (χ1) is 13.8. The Balaban J connectivity index is 1.64. The zero-order valence-electron chi connectivity index (χ0n) is 16.3. The number of aryl methyl sites for hydroxylation is 1. The highest BCUT2D eigenvalue weighted by atomic mass is 19.3. The van der Waals surface area contributed by atoms with Crippen molar-refractivity contribution in [2.45, 2.75) is 37.8 Å². The minimum atomic E-state index is -2.95. The Bertz CT molecular complexity index is 869. The van der Waals surface area contributed by atoms with Crippen molar-refractivity contribution in [2.75, 3.05) is 20.7 Å². The molecule has 2 aromatic rings. The normalized spacial score (nSPS) is 17.9. The van der Waals surface area contributed by atoms with Gasteiger partial charge in [0.25, 0.3) is 11.8 Å². The van der Waals surface area contributed by atoms with Crippen LogP contribution >= 0.6 is 0 Å². The van der Waals surface area contributed by atoms with Crippen LogP contribution in [0.3, 0.4) is 0 Å². The number of aromatic nitrogens is 3. The molecule has 0 spiro atoms. The number of carbonyl (C=O) groups is 2. The van der Waals surface area contributed by atoms with Crippen molar-refractivity contribution in [1.29, 1.82) is 0 Å². The van der Waals surface area contributed by atoms with E-state index in [1.807, 2.05) is 12.1 Å². The Hall–Kier alpha value is -3.04. The molecule has 1 unspecified atom stereocenters. The zero-order valence-corrected chi connectivity index (χ0v) is 16.3. The number of methoxy groups -OCH3 is 1. The van der Waals surface area contributed by atoms with Gasteiger partial charge in [-0.3, -0.25) is 9.59 Å². The highest BCUT2D eigenvalue weighted by Gasteiger charge is 2.46. The molecule has 0 radical (unpaired) electrons. The monoisotopic (exact) mass is 407 g/mol. The van der Waals surface area contributed by atoms with Crippen LogP contribution < -0.4 is 10.1 Å². The molecule has 1 fully saturated rings. The Morgan fingerprint density at radius 1 is 1.31 bits per heavy atom. The molecule has 29 heavy (non-hydrogen) atoms. The molecule has 2 amide bonds. The van der Waals surface area contributed by atoms with E-state index in [1.165, 1.54) is 22.8 Å². The molecule has 1 aliphatic rings. The number of nitrogens with zero attached hydrogens (tertiary/aromatic N) is 4. The molecule has 0 bridgehead atoms. The first kappa shape index (κ1) is 20.7. The van der Waals surface area contributed by atoms with Gasteiger partial charge in [0, 0.05) is 19.9 Å². The lowest BCUT2D eigenvalue weighted by Gasteiger charge is -2.23. The maximum atomic E-state index is 14.0. The molecule has 8 nitrogen and oxygen atoms in total. The number of alkyl halides is 2. The molecule has 1 N–H and O–H groups in total. The van der Waals surface area contributed by atoms with Crippen molar-refractivity contribution in [3.8, 4) is 5.75 Å². The summed E-state index contributed by atoms with van der Waals surface area (Å²) in [6.45, 7) is -0.566. The average molecular weight is 407 g/mol. The molecule has 1 aliphatic heterocycles. The Morgan fingerprint density at radius 2 is 2.03 bits per heavy atom. The number of carbonyl (C=O) groups excluding carboxylic acids is 2. The summed E-state index contributed by atoms with van der Waals surface area (Å²) in [5.74, 6) is -3.00. The molecule has 3 rings (SSSR count). The SMILES string of the molecule is CNC(=O)c1cn(CC2CC(F)(F)CN2C(=O)CCc2ccc(OC)cc2)nn1. The molecule has 0 aliphatic carbocycles. The summed E-state index contributed by atoms with van der Waals surface area (Å²) in [6.07, 6.45) is 1.51. The van der Waals surface area contributed by atoms with E-state index in [1.54, 1.807) is 19.2 Å². The minimum absolute atomic E-state index is 0.0495. The van der Waals surface area contributed by atoms with Crippen LogP contribution in [0, 0.1) is 0 Å². The zero-order chi connectivity index (χ0) is 21.0. The van der Waals surface area contributed by atoms with Gasteiger partial charge in [-0.1, -0.05) is 17.3 Å². The molecule has 2 heterocycles. The molecule has 1 aromatic heterocycles. The van der Waals surface area contributed by atoms with Gasteiger partial charge in [0.1, 0.15) is 5.75 Å². The van der Waals surface area contributed by atoms with Crippen LogP contribution in [0.2, 0.25) is 0 Å². The van der Waals surface area contributed by atoms with Crippen molar-refractivity contribution >= 4 is 11.8 Å². The van der Waals surface area contributed by atoms with Gasteiger partial charge in [-0.2, -0.15) is 0 Å². The highest BCUT2D eigenvalue weighted by Crippen LogP contribution is 2.33. The van der Waals surface area contributed by atoms with Gasteiger partial charge in [-0.15, -0.1) is 5.10 Å². The summed E-state index contributed by atoms with van der Waals surface area (Å²) >= 11 is 0. The van der Waals surface area contributed by atoms with Gasteiger partial charge in [-0.25, -0.2) is 13.5 Å². The Kier molecular flexibility index (Phi) is 6.09. The fraction of sp³-hybridized carbons (Fsp3) is 0.474. The predicted octanol–water partition coefficient (Wildman–Crippen LogP) is 1.52. The summed E-state index contributed by atoms with van der Waals surface area (Å²) in [6, 6.07) is 6.56. The molecule has 0 saturated carbocycles. The lowest BCUT2D eigenvalue weighted by molar-refractivity contribution is -0.133. The standard InChI is InChI=1S/C19H23F2N5O3/c1-22-18(28)16-11-25(24-23-16)10-14-9-19(20,21)12-26(14)17(27)8-5-13-3-6-15(29-2)7-4-13/h3-4,6-7,11,14H,5,8-10,12H2,1-2H3,(H,22,28). The number of likely N-dealkylation sites (tertiary alicyclic amines) is 1. The number of hydrogen-bond donors (Lipinski definition) is 1. The molecule has 156 valence electrons. The Labute approximate surface area is 166 Å². The first-order valence-corrected chi connectivity index (χ1v) is 9.24. The van der Waals surface area contributed by atoms with E-state index in [9.17, 15) is 18.4 Å². The van der Waals surface area contributed by atoms with Crippen molar-refractivity contribution in [3.05, 3.63) is 41.7 Å². The number of hydrogen-bond acceptors (Lipinski definition) is 5. The van der Waals surface area contributed by atoms with E-state index in [4.69, 9.17) is 4.74 Å². The number of benzene rings is 1. The van der Waals surface area contributed by atoms with E-state index >= 15 is 0 Å². The van der Waals surface area contributed by atoms with Crippen molar-refractivity contribution < 1.29 is 23.1 Å². The third-order valence-electron chi connectivity index (χ3n) is 4.88. The summed E-state index contributed by atoms with van der Waals surface area (Å²) in [5.41, 5.74) is 1.02. The quantitative estimate of drug-likeness (QED) is 0.752. The molecule has 1 atom stereocenters. The van der Waals surface area contributed by atoms with Crippen LogP contribution in [0.1, 0.15) is 28.9 Å². The van der Waals surface area contributed by atoms with Crippen LogP contribution in [0.25, 0.3) is 0 Å². The molecule has 10 heteroatoms. The number of halogens is 2. The highest BCUT2D eigenvalue weighted by molar-refractivity contribution is 5.91.